The summed E-state index contributed by atoms with van der Waals surface area (Å²) in [5, 5.41) is 16.2. The summed E-state index contributed by atoms with van der Waals surface area (Å²) in [6, 6.07) is 10.6. The Morgan fingerprint density at radius 3 is 2.53 bits per heavy atom. The van der Waals surface area contributed by atoms with Gasteiger partial charge in [0.1, 0.15) is 5.84 Å². The Morgan fingerprint density at radius 2 is 1.90 bits per heavy atom. The van der Waals surface area contributed by atoms with E-state index in [1.165, 1.54) is 0 Å². The highest BCUT2D eigenvalue weighted by Crippen LogP contribution is 2.13. The number of pyridine rings is 1. The van der Waals surface area contributed by atoms with Crippen molar-refractivity contribution in [1.82, 2.24) is 10.3 Å². The fourth-order valence-corrected chi connectivity index (χ4v) is 2.45. The SMILES string of the molecule is CCC(=O)O.O=C(CNC(=O)c1cccc(NC2=NCCC2)c1)Nc1cccnc1. The molecule has 0 atom stereocenters. The van der Waals surface area contributed by atoms with Crippen molar-refractivity contribution < 1.29 is 19.5 Å². The number of hydrogen-bond donors (Lipinski definition) is 4. The van der Waals surface area contributed by atoms with Crippen LogP contribution in [0.2, 0.25) is 0 Å². The molecule has 158 valence electrons. The van der Waals surface area contributed by atoms with Gasteiger partial charge in [0.15, 0.2) is 0 Å². The first-order chi connectivity index (χ1) is 14.5. The van der Waals surface area contributed by atoms with Gasteiger partial charge < -0.3 is 21.1 Å². The van der Waals surface area contributed by atoms with Crippen LogP contribution in [0.1, 0.15) is 36.5 Å². The molecule has 9 heteroatoms. The number of carbonyl (C=O) groups excluding carboxylic acids is 2. The number of aromatic nitrogens is 1. The van der Waals surface area contributed by atoms with Crippen LogP contribution in [0.25, 0.3) is 0 Å². The van der Waals surface area contributed by atoms with Crippen LogP contribution in [0.5, 0.6) is 0 Å². The van der Waals surface area contributed by atoms with Crippen LogP contribution >= 0.6 is 0 Å². The summed E-state index contributed by atoms with van der Waals surface area (Å²) in [5.74, 6) is -0.423. The maximum Gasteiger partial charge on any atom is 0.303 e. The Balaban J connectivity index is 0.000000575. The van der Waals surface area contributed by atoms with Crippen molar-refractivity contribution in [2.75, 3.05) is 23.7 Å². The molecule has 0 saturated heterocycles. The fraction of sp³-hybridized carbons (Fsp3) is 0.286. The Kier molecular flexibility index (Phi) is 8.98. The molecule has 0 unspecified atom stereocenters. The third kappa shape index (κ3) is 8.09. The number of carbonyl (C=O) groups is 3. The summed E-state index contributed by atoms with van der Waals surface area (Å²) in [7, 11) is 0. The Bertz CT molecular complexity index is 899. The molecule has 30 heavy (non-hydrogen) atoms. The van der Waals surface area contributed by atoms with Crippen LogP contribution in [-0.2, 0) is 9.59 Å². The summed E-state index contributed by atoms with van der Waals surface area (Å²) in [6.45, 7) is 2.33. The molecule has 2 aromatic rings. The maximum atomic E-state index is 12.2. The van der Waals surface area contributed by atoms with Crippen LogP contribution in [-0.4, -0.2) is 46.8 Å². The number of aliphatic imine (C=N–C) groups is 1. The van der Waals surface area contributed by atoms with E-state index in [0.29, 0.717) is 11.3 Å². The lowest BCUT2D eigenvalue weighted by atomic mass is 10.2. The monoisotopic (exact) mass is 411 g/mol. The molecule has 1 aliphatic rings. The van der Waals surface area contributed by atoms with Gasteiger partial charge in [-0.05, 0) is 36.8 Å². The van der Waals surface area contributed by atoms with Crippen molar-refractivity contribution in [3.63, 3.8) is 0 Å². The molecule has 0 radical (unpaired) electrons. The molecule has 0 saturated carbocycles. The van der Waals surface area contributed by atoms with Crippen molar-refractivity contribution in [1.29, 1.82) is 0 Å². The number of nitrogens with zero attached hydrogens (tertiary/aromatic N) is 2. The van der Waals surface area contributed by atoms with E-state index in [-0.39, 0.29) is 24.8 Å². The van der Waals surface area contributed by atoms with Crippen molar-refractivity contribution >= 4 is 35.0 Å². The third-order valence-electron chi connectivity index (χ3n) is 3.94. The largest absolute Gasteiger partial charge is 0.481 e. The zero-order valence-electron chi connectivity index (χ0n) is 16.7. The smallest absolute Gasteiger partial charge is 0.303 e. The number of amidine groups is 1. The highest BCUT2D eigenvalue weighted by atomic mass is 16.4. The standard InChI is InChI=1S/C18H19N5O2.C3H6O2/c24-17(23-15-6-2-8-19-11-15)12-21-18(25)13-4-1-5-14(10-13)22-16-7-3-9-20-16;1-2-3(4)5/h1-2,4-6,8,10-11H,3,7,9,12H2,(H,20,22)(H,21,25)(H,23,24);2H2,1H3,(H,4,5). The molecule has 0 spiro atoms. The van der Waals surface area contributed by atoms with E-state index in [9.17, 15) is 14.4 Å². The van der Waals surface area contributed by atoms with Crippen LogP contribution < -0.4 is 16.0 Å². The summed E-state index contributed by atoms with van der Waals surface area (Å²) in [4.78, 5) is 41.7. The normalized spacial score (nSPS) is 12.1. The van der Waals surface area contributed by atoms with Gasteiger partial charge in [0, 0.05) is 36.8 Å². The van der Waals surface area contributed by atoms with Crippen LogP contribution in [0.4, 0.5) is 11.4 Å². The number of amides is 2. The second-order valence-corrected chi connectivity index (χ2v) is 6.36. The van der Waals surface area contributed by atoms with Gasteiger partial charge in [-0.25, -0.2) is 0 Å². The molecule has 0 bridgehead atoms. The molecular weight excluding hydrogens is 386 g/mol. The van der Waals surface area contributed by atoms with E-state index < -0.39 is 5.97 Å². The van der Waals surface area contributed by atoms with E-state index in [1.54, 1.807) is 49.6 Å². The summed E-state index contributed by atoms with van der Waals surface area (Å²) in [5.41, 5.74) is 1.89. The first kappa shape index (κ1) is 22.5. The zero-order valence-corrected chi connectivity index (χ0v) is 16.7. The summed E-state index contributed by atoms with van der Waals surface area (Å²) in [6.07, 6.45) is 5.36. The lowest BCUT2D eigenvalue weighted by molar-refractivity contribution is -0.136. The van der Waals surface area contributed by atoms with Crippen molar-refractivity contribution in [2.45, 2.75) is 26.2 Å². The lowest BCUT2D eigenvalue weighted by Crippen LogP contribution is -2.32. The highest BCUT2D eigenvalue weighted by molar-refractivity contribution is 6.01. The highest BCUT2D eigenvalue weighted by Gasteiger charge is 2.11. The molecule has 0 fully saturated rings. The minimum absolute atomic E-state index is 0.113. The van der Waals surface area contributed by atoms with Gasteiger partial charge >= 0.3 is 5.97 Å². The first-order valence-corrected chi connectivity index (χ1v) is 9.58. The van der Waals surface area contributed by atoms with Gasteiger partial charge in [-0.2, -0.15) is 0 Å². The summed E-state index contributed by atoms with van der Waals surface area (Å²) >= 11 is 0. The van der Waals surface area contributed by atoms with Gasteiger partial charge in [0.2, 0.25) is 5.91 Å². The average Bonchev–Trinajstić information content (AvgIpc) is 3.26. The predicted octanol–water partition coefficient (Wildman–Crippen LogP) is 2.54. The van der Waals surface area contributed by atoms with Crippen molar-refractivity contribution in [3.8, 4) is 0 Å². The minimum atomic E-state index is -0.745. The number of carboxylic acids is 1. The second-order valence-electron chi connectivity index (χ2n) is 6.36. The van der Waals surface area contributed by atoms with E-state index >= 15 is 0 Å². The average molecular weight is 411 g/mol. The molecule has 3 rings (SSSR count). The molecule has 9 nitrogen and oxygen atoms in total. The van der Waals surface area contributed by atoms with Crippen LogP contribution in [0.3, 0.4) is 0 Å². The van der Waals surface area contributed by atoms with Gasteiger partial charge in [0.05, 0.1) is 18.4 Å². The molecule has 1 aliphatic heterocycles. The maximum absolute atomic E-state index is 12.2. The van der Waals surface area contributed by atoms with E-state index in [0.717, 1.165) is 30.9 Å². The fourth-order valence-electron chi connectivity index (χ4n) is 2.45. The topological polar surface area (TPSA) is 133 Å². The molecular formula is C21H25N5O4. The first-order valence-electron chi connectivity index (χ1n) is 9.58. The van der Waals surface area contributed by atoms with E-state index in [4.69, 9.17) is 5.11 Å². The minimum Gasteiger partial charge on any atom is -0.481 e. The second kappa shape index (κ2) is 11.9. The van der Waals surface area contributed by atoms with Gasteiger partial charge in [-0.15, -0.1) is 0 Å². The molecule has 0 aliphatic carbocycles. The summed E-state index contributed by atoms with van der Waals surface area (Å²) < 4.78 is 0. The Labute approximate surface area is 174 Å². The molecule has 2 amide bonds. The molecule has 2 heterocycles. The van der Waals surface area contributed by atoms with Crippen molar-refractivity contribution in [3.05, 3.63) is 54.4 Å². The number of carboxylic acid groups (broad SMARTS) is 1. The Morgan fingerprint density at radius 1 is 1.13 bits per heavy atom. The number of aliphatic carboxylic acids is 1. The Hall–Kier alpha value is -3.75. The van der Waals surface area contributed by atoms with E-state index in [2.05, 4.69) is 25.9 Å². The molecule has 1 aromatic carbocycles. The van der Waals surface area contributed by atoms with Crippen LogP contribution in [0.15, 0.2) is 53.8 Å². The number of hydrogen-bond acceptors (Lipinski definition) is 6. The number of benzene rings is 1. The third-order valence-corrected chi connectivity index (χ3v) is 3.94. The number of anilines is 2. The lowest BCUT2D eigenvalue weighted by Gasteiger charge is -2.09. The molecule has 4 N–H and O–H groups in total. The van der Waals surface area contributed by atoms with Gasteiger partial charge in [0.25, 0.3) is 5.91 Å². The van der Waals surface area contributed by atoms with Crippen molar-refractivity contribution in [2.24, 2.45) is 4.99 Å². The number of nitrogens with one attached hydrogen (secondary N) is 3. The predicted molar refractivity (Wildman–Crippen MR) is 115 cm³/mol. The van der Waals surface area contributed by atoms with E-state index in [1.807, 2.05) is 6.07 Å². The zero-order chi connectivity index (χ0) is 21.8. The van der Waals surface area contributed by atoms with Crippen LogP contribution in [0, 0.1) is 0 Å². The molecule has 1 aromatic heterocycles. The van der Waals surface area contributed by atoms with Gasteiger partial charge in [-0.1, -0.05) is 13.0 Å². The quantitative estimate of drug-likeness (QED) is 0.577. The number of rotatable bonds is 6. The van der Waals surface area contributed by atoms with Gasteiger partial charge in [-0.3, -0.25) is 24.4 Å².